The van der Waals surface area contributed by atoms with Crippen LogP contribution in [0.15, 0.2) is 109 Å². The Hall–Kier alpha value is -8.30. The van der Waals surface area contributed by atoms with E-state index in [-0.39, 0.29) is 86.5 Å². The Morgan fingerprint density at radius 2 is 0.843 bits per heavy atom. The van der Waals surface area contributed by atoms with Crippen LogP contribution >= 0.6 is 0 Å². The van der Waals surface area contributed by atoms with Crippen LogP contribution in [-0.2, 0) is 18.9 Å². The van der Waals surface area contributed by atoms with Gasteiger partial charge in [-0.05, 0) is 48.5 Å². The minimum Gasteiger partial charge on any atom is -0.478 e. The molecular weight excluding hydrogens is 911 g/mol. The average Bonchev–Trinajstić information content (AvgIpc) is 4.01. The maximum atomic E-state index is 14.2. The number of halogens is 2. The zero-order valence-electron chi connectivity index (χ0n) is 37.2. The van der Waals surface area contributed by atoms with Gasteiger partial charge in [-0.1, -0.05) is 60.7 Å². The zero-order chi connectivity index (χ0) is 49.0. The number of fused-ring (bicyclic) bond motifs is 2. The third-order valence-electron chi connectivity index (χ3n) is 10.8. The van der Waals surface area contributed by atoms with Crippen molar-refractivity contribution < 1.29 is 57.1 Å². The van der Waals surface area contributed by atoms with Crippen molar-refractivity contribution in [1.82, 2.24) is 41.0 Å². The molecule has 4 aromatic heterocycles. The molecule has 0 fully saturated rings. The Labute approximate surface area is 397 Å². The first-order valence-electron chi connectivity index (χ1n) is 21.9. The van der Waals surface area contributed by atoms with Crippen LogP contribution < -0.4 is 10.6 Å². The number of carbonyl (C=O) groups is 4. The van der Waals surface area contributed by atoms with Crippen molar-refractivity contribution in [3.05, 3.63) is 143 Å². The number of hydrogen-bond acceptors (Lipinski definition) is 12. The maximum Gasteiger partial charge on any atom is 0.338 e. The lowest BCUT2D eigenvalue weighted by atomic mass is 10.0. The first-order valence-corrected chi connectivity index (χ1v) is 21.9. The van der Waals surface area contributed by atoms with Crippen LogP contribution in [0.25, 0.3) is 67.1 Å². The van der Waals surface area contributed by atoms with E-state index in [1.807, 2.05) is 60.7 Å². The molecule has 0 spiro atoms. The summed E-state index contributed by atoms with van der Waals surface area (Å²) < 4.78 is 50.9. The monoisotopic (exact) mass is 954 g/mol. The number of H-pyrrole nitrogens is 2. The average molecular weight is 955 g/mol. The first-order chi connectivity index (χ1) is 34.1. The predicted octanol–water partition coefficient (Wildman–Crippen LogP) is 6.80. The van der Waals surface area contributed by atoms with Crippen LogP contribution in [-0.4, -0.2) is 130 Å². The van der Waals surface area contributed by atoms with E-state index < -0.39 is 46.5 Å². The first kappa shape index (κ1) is 48.2. The van der Waals surface area contributed by atoms with Gasteiger partial charge in [0.1, 0.15) is 23.0 Å². The van der Waals surface area contributed by atoms with Gasteiger partial charge in [0, 0.05) is 35.3 Å². The molecule has 0 bridgehead atoms. The summed E-state index contributed by atoms with van der Waals surface area (Å²) in [6, 6.07) is 28.7. The van der Waals surface area contributed by atoms with Crippen molar-refractivity contribution in [1.29, 1.82) is 0 Å². The van der Waals surface area contributed by atoms with E-state index in [4.69, 9.17) is 18.9 Å². The smallest absolute Gasteiger partial charge is 0.338 e. The number of nitrogens with one attached hydrogen (secondary N) is 4. The molecule has 0 unspecified atom stereocenters. The normalized spacial score (nSPS) is 11.3. The minimum atomic E-state index is -1.44. The maximum absolute atomic E-state index is 14.2. The van der Waals surface area contributed by atoms with Crippen molar-refractivity contribution in [2.75, 3.05) is 65.9 Å². The van der Waals surface area contributed by atoms with E-state index >= 15 is 0 Å². The van der Waals surface area contributed by atoms with Gasteiger partial charge in [0.05, 0.1) is 97.3 Å². The molecule has 8 aromatic rings. The molecule has 358 valence electrons. The number of pyridine rings is 2. The number of amides is 2. The number of hydrogen-bond donors (Lipinski definition) is 6. The van der Waals surface area contributed by atoms with E-state index in [0.717, 1.165) is 35.4 Å². The van der Waals surface area contributed by atoms with Crippen LogP contribution in [0.1, 0.15) is 41.4 Å². The Kier molecular flexibility index (Phi) is 15.6. The number of carbonyl (C=O) groups excluding carboxylic acids is 2. The summed E-state index contributed by atoms with van der Waals surface area (Å²) in [7, 11) is 0. The summed E-state index contributed by atoms with van der Waals surface area (Å²) in [5, 5.41) is 40.1. The highest BCUT2D eigenvalue weighted by atomic mass is 19.1. The van der Waals surface area contributed by atoms with E-state index in [2.05, 4.69) is 41.0 Å². The molecular formula is C50H44F2N8O10. The van der Waals surface area contributed by atoms with Crippen LogP contribution in [0.3, 0.4) is 0 Å². The van der Waals surface area contributed by atoms with E-state index in [0.29, 0.717) is 46.5 Å². The van der Waals surface area contributed by atoms with Gasteiger partial charge in [-0.25, -0.2) is 28.3 Å². The van der Waals surface area contributed by atoms with Gasteiger partial charge in [0.2, 0.25) is 0 Å². The topological polar surface area (TPSA) is 253 Å². The third-order valence-corrected chi connectivity index (χ3v) is 10.8. The van der Waals surface area contributed by atoms with Crippen LogP contribution in [0, 0.1) is 11.6 Å². The highest BCUT2D eigenvalue weighted by Gasteiger charge is 2.23. The third kappa shape index (κ3) is 11.3. The number of carboxylic acid groups (broad SMARTS) is 2. The fourth-order valence-electron chi connectivity index (χ4n) is 7.45. The Morgan fingerprint density at radius 1 is 0.471 bits per heavy atom. The van der Waals surface area contributed by atoms with E-state index in [1.165, 1.54) is 24.3 Å². The lowest BCUT2D eigenvalue weighted by Gasteiger charge is -2.11. The second-order valence-corrected chi connectivity index (χ2v) is 15.4. The molecule has 0 aliphatic heterocycles. The largest absolute Gasteiger partial charge is 0.478 e. The molecule has 18 nitrogen and oxygen atoms in total. The SMILES string of the molecule is O=C(O)c1cc(-c2cc(C(=O)NCCOCCOCCOCCOCCNC(=O)c3cc(-c4ccc(F)c(C(=O)O)c4)nc4[nH]nc(-c5ccccc5)c34)c3c(-c4ccccc4)n[nH]c3n2)ccc1F. The fraction of sp³-hybridized carbons (Fsp3) is 0.200. The molecule has 0 atom stereocenters. The molecule has 20 heteroatoms. The van der Waals surface area contributed by atoms with Gasteiger partial charge in [0.25, 0.3) is 11.8 Å². The Balaban J connectivity index is 0.747. The summed E-state index contributed by atoms with van der Waals surface area (Å²) in [6.45, 7) is 2.32. The summed E-state index contributed by atoms with van der Waals surface area (Å²) in [5.74, 6) is -5.56. The van der Waals surface area contributed by atoms with Gasteiger partial charge in [-0.15, -0.1) is 0 Å². The molecule has 2 amide bonds. The molecule has 4 heterocycles. The van der Waals surface area contributed by atoms with Gasteiger partial charge in [-0.2, -0.15) is 10.2 Å². The van der Waals surface area contributed by atoms with Crippen molar-refractivity contribution in [2.24, 2.45) is 0 Å². The molecule has 0 aliphatic rings. The number of ether oxygens (including phenoxy) is 4. The van der Waals surface area contributed by atoms with Crippen molar-refractivity contribution in [3.8, 4) is 45.0 Å². The summed E-state index contributed by atoms with van der Waals surface area (Å²) in [6.07, 6.45) is 0. The predicted molar refractivity (Wildman–Crippen MR) is 251 cm³/mol. The fourth-order valence-corrected chi connectivity index (χ4v) is 7.45. The van der Waals surface area contributed by atoms with Gasteiger partial charge < -0.3 is 39.8 Å². The van der Waals surface area contributed by atoms with Gasteiger partial charge in [-0.3, -0.25) is 19.8 Å². The number of aromatic amines is 2. The molecule has 70 heavy (non-hydrogen) atoms. The molecule has 0 aliphatic carbocycles. The van der Waals surface area contributed by atoms with E-state index in [1.54, 1.807) is 0 Å². The number of aromatic carboxylic acids is 2. The second kappa shape index (κ2) is 22.7. The van der Waals surface area contributed by atoms with Crippen LogP contribution in [0.2, 0.25) is 0 Å². The van der Waals surface area contributed by atoms with Crippen LogP contribution in [0.5, 0.6) is 0 Å². The minimum absolute atomic E-state index is 0.158. The summed E-state index contributed by atoms with van der Waals surface area (Å²) in [4.78, 5) is 59.7. The van der Waals surface area contributed by atoms with E-state index in [9.17, 15) is 38.2 Å². The highest BCUT2D eigenvalue weighted by molar-refractivity contribution is 6.12. The number of carboxylic acids is 2. The lowest BCUT2D eigenvalue weighted by Crippen LogP contribution is -2.28. The van der Waals surface area contributed by atoms with Gasteiger partial charge >= 0.3 is 11.9 Å². The number of benzene rings is 4. The van der Waals surface area contributed by atoms with Crippen molar-refractivity contribution in [2.45, 2.75) is 0 Å². The number of nitrogens with zero attached hydrogens (tertiary/aromatic N) is 4. The van der Waals surface area contributed by atoms with Crippen molar-refractivity contribution in [3.63, 3.8) is 0 Å². The molecule has 0 saturated heterocycles. The van der Waals surface area contributed by atoms with Crippen molar-refractivity contribution >= 4 is 45.8 Å². The molecule has 0 saturated carbocycles. The van der Waals surface area contributed by atoms with Gasteiger partial charge in [0.15, 0.2) is 11.3 Å². The quantitative estimate of drug-likeness (QED) is 0.0361. The summed E-state index contributed by atoms with van der Waals surface area (Å²) in [5.41, 5.74) is 3.54. The molecule has 4 aromatic carbocycles. The Morgan fingerprint density at radius 3 is 1.21 bits per heavy atom. The summed E-state index contributed by atoms with van der Waals surface area (Å²) >= 11 is 0. The standard InChI is InChI=1S/C50H44F2N8O10/c51-37-13-11-31(25-33(37)49(63)64)39-27-35(41-43(57-59-45(41)55-39)29-7-3-1-4-8-29)47(61)53-15-17-67-19-21-69-23-24-70-22-20-68-18-16-54-48(62)36-28-40(32-12-14-38(52)34(26-32)50(65)66)56-46-42(36)44(58-60-46)30-9-5-2-6-10-30/h1-14,25-28H,15-24H2,(H,53,61)(H,54,62)(H,63,64)(H,65,66)(H,55,57,59)(H,56,58,60). The number of rotatable bonds is 23. The van der Waals surface area contributed by atoms with Crippen LogP contribution in [0.4, 0.5) is 8.78 Å². The lowest BCUT2D eigenvalue weighted by molar-refractivity contribution is -0.000996. The molecule has 8 rings (SSSR count). The highest BCUT2D eigenvalue weighted by Crippen LogP contribution is 2.34. The number of aromatic nitrogens is 6. The molecule has 0 radical (unpaired) electrons. The second-order valence-electron chi connectivity index (χ2n) is 15.4. The molecule has 6 N–H and O–H groups in total. The zero-order valence-corrected chi connectivity index (χ0v) is 37.2. The Bertz CT molecular complexity index is 2960.